The number of hydrogen-bond donors (Lipinski definition) is 0. The van der Waals surface area contributed by atoms with Crippen LogP contribution in [-0.2, 0) is 5.41 Å². The molecule has 7 aromatic rings. The SMILES string of the molecule is C#CC1=C(/C=C\C)C2(c3ccccc31)c1ccccc1-c1ccc(N(c3ccc(C4=CCCCC4)cc3)c3ccc(-c4cccc5ccccc45)cc3)cc12. The van der Waals surface area contributed by atoms with E-state index in [4.69, 9.17) is 6.42 Å². The van der Waals surface area contributed by atoms with E-state index in [1.165, 1.54) is 80.1 Å². The van der Waals surface area contributed by atoms with Crippen LogP contribution in [0.2, 0.25) is 0 Å². The molecule has 0 N–H and O–H groups in total. The molecular formula is C54H41N. The van der Waals surface area contributed by atoms with Crippen LogP contribution in [0.4, 0.5) is 17.1 Å². The molecule has 0 aliphatic heterocycles. The first-order valence-corrected chi connectivity index (χ1v) is 19.6. The number of fused-ring (bicyclic) bond motifs is 8. The van der Waals surface area contributed by atoms with Crippen LogP contribution in [0, 0.1) is 12.3 Å². The van der Waals surface area contributed by atoms with Crippen molar-refractivity contribution in [2.75, 3.05) is 4.90 Å². The van der Waals surface area contributed by atoms with Crippen molar-refractivity contribution in [1.82, 2.24) is 0 Å². The van der Waals surface area contributed by atoms with E-state index in [1.54, 1.807) is 0 Å². The lowest BCUT2D eigenvalue weighted by Crippen LogP contribution is -2.27. The van der Waals surface area contributed by atoms with Crippen molar-refractivity contribution in [2.45, 2.75) is 38.0 Å². The Kier molecular flexibility index (Phi) is 8.01. The standard InChI is InChI=1S/C54H41N/c1-3-15-50-44(4-2)47-21-10-12-24-51(47)54(50)52-25-13-11-22-48(52)49-35-34-43(36-53(49)54)55(41-30-26-38(27-31-41)37-16-6-5-7-17-37)42-32-28-40(29-33-42)46-23-14-19-39-18-8-9-20-45(39)46/h2-3,8-16,18-36H,5-7,17H2,1H3/b15-3-. The van der Waals surface area contributed by atoms with Gasteiger partial charge in [-0.1, -0.05) is 145 Å². The third-order valence-corrected chi connectivity index (χ3v) is 12.1. The second-order valence-electron chi connectivity index (χ2n) is 14.9. The van der Waals surface area contributed by atoms with Gasteiger partial charge in [0.25, 0.3) is 0 Å². The van der Waals surface area contributed by atoms with Crippen molar-refractivity contribution >= 4 is 39.0 Å². The Morgan fingerprint density at radius 3 is 1.93 bits per heavy atom. The highest BCUT2D eigenvalue weighted by Crippen LogP contribution is 2.62. The molecular weight excluding hydrogens is 663 g/mol. The van der Waals surface area contributed by atoms with Crippen molar-refractivity contribution < 1.29 is 0 Å². The van der Waals surface area contributed by atoms with E-state index in [0.29, 0.717) is 0 Å². The molecule has 1 nitrogen and oxygen atoms in total. The minimum Gasteiger partial charge on any atom is -0.310 e. The third-order valence-electron chi connectivity index (χ3n) is 12.1. The molecule has 1 unspecified atom stereocenters. The lowest BCUT2D eigenvalue weighted by Gasteiger charge is -2.33. The molecule has 1 heteroatoms. The highest BCUT2D eigenvalue weighted by molar-refractivity contribution is 6.00. The molecule has 0 aromatic heterocycles. The van der Waals surface area contributed by atoms with Crippen LogP contribution >= 0.6 is 0 Å². The van der Waals surface area contributed by atoms with Crippen LogP contribution in [0.25, 0.3) is 44.2 Å². The summed E-state index contributed by atoms with van der Waals surface area (Å²) in [7, 11) is 0. The summed E-state index contributed by atoms with van der Waals surface area (Å²) >= 11 is 0. The molecule has 7 aromatic carbocycles. The molecule has 0 fully saturated rings. The van der Waals surface area contributed by atoms with Crippen LogP contribution in [0.3, 0.4) is 0 Å². The highest BCUT2D eigenvalue weighted by atomic mass is 15.1. The van der Waals surface area contributed by atoms with E-state index in [0.717, 1.165) is 40.2 Å². The largest absolute Gasteiger partial charge is 0.310 e. The fraction of sp³-hybridized carbons (Fsp3) is 0.111. The van der Waals surface area contributed by atoms with Crippen molar-refractivity contribution in [3.63, 3.8) is 0 Å². The maximum absolute atomic E-state index is 6.39. The van der Waals surface area contributed by atoms with Crippen LogP contribution in [0.5, 0.6) is 0 Å². The Bertz CT molecular complexity index is 2760. The van der Waals surface area contributed by atoms with Gasteiger partial charge in [0.05, 0.1) is 5.41 Å². The molecule has 0 saturated carbocycles. The van der Waals surface area contributed by atoms with Gasteiger partial charge in [-0.25, -0.2) is 0 Å². The summed E-state index contributed by atoms with van der Waals surface area (Å²) in [6.45, 7) is 2.09. The summed E-state index contributed by atoms with van der Waals surface area (Å²) in [4.78, 5) is 2.42. The van der Waals surface area contributed by atoms with E-state index in [2.05, 4.69) is 194 Å². The molecule has 3 aliphatic carbocycles. The highest BCUT2D eigenvalue weighted by Gasteiger charge is 2.52. The van der Waals surface area contributed by atoms with E-state index in [9.17, 15) is 0 Å². The second kappa shape index (κ2) is 13.3. The zero-order valence-electron chi connectivity index (χ0n) is 31.1. The van der Waals surface area contributed by atoms with Crippen molar-refractivity contribution in [3.8, 4) is 34.6 Å². The Labute approximate surface area is 324 Å². The monoisotopic (exact) mass is 703 g/mol. The second-order valence-corrected chi connectivity index (χ2v) is 14.9. The fourth-order valence-electron chi connectivity index (χ4n) is 9.66. The summed E-state index contributed by atoms with van der Waals surface area (Å²) in [5.41, 5.74) is 17.6. The maximum atomic E-state index is 6.39. The number of terminal acetylenes is 1. The minimum atomic E-state index is -0.534. The quantitative estimate of drug-likeness (QED) is 0.156. The Balaban J connectivity index is 1.17. The number of allylic oxidation sites excluding steroid dienone is 6. The average Bonchev–Trinajstić information content (AvgIpc) is 3.70. The fourth-order valence-corrected chi connectivity index (χ4v) is 9.66. The summed E-state index contributed by atoms with van der Waals surface area (Å²) in [5.74, 6) is 3.13. The molecule has 10 rings (SSSR count). The van der Waals surface area contributed by atoms with Gasteiger partial charge in [-0.3, -0.25) is 0 Å². The number of anilines is 3. The predicted molar refractivity (Wildman–Crippen MR) is 233 cm³/mol. The Hall–Kier alpha value is -6.62. The number of benzene rings is 7. The van der Waals surface area contributed by atoms with Gasteiger partial charge in [0.2, 0.25) is 0 Å². The summed E-state index contributed by atoms with van der Waals surface area (Å²) < 4.78 is 0. The van der Waals surface area contributed by atoms with E-state index in [1.807, 2.05) is 0 Å². The predicted octanol–water partition coefficient (Wildman–Crippen LogP) is 14.2. The van der Waals surface area contributed by atoms with Gasteiger partial charge in [0, 0.05) is 22.6 Å². The third kappa shape index (κ3) is 5.10. The van der Waals surface area contributed by atoms with E-state index >= 15 is 0 Å². The van der Waals surface area contributed by atoms with Crippen LogP contribution in [0.15, 0.2) is 182 Å². The molecule has 0 heterocycles. The lowest BCUT2D eigenvalue weighted by molar-refractivity contribution is 0.742. The number of rotatable bonds is 6. The molecule has 55 heavy (non-hydrogen) atoms. The summed E-state index contributed by atoms with van der Waals surface area (Å²) in [5, 5.41) is 2.51. The van der Waals surface area contributed by atoms with Gasteiger partial charge in [-0.05, 0) is 141 Å². The molecule has 262 valence electrons. The van der Waals surface area contributed by atoms with Gasteiger partial charge in [0.15, 0.2) is 0 Å². The minimum absolute atomic E-state index is 0.534. The molecule has 0 bridgehead atoms. The molecule has 1 spiro atoms. The Morgan fingerprint density at radius 1 is 0.582 bits per heavy atom. The molecule has 0 saturated heterocycles. The van der Waals surface area contributed by atoms with Gasteiger partial charge < -0.3 is 4.90 Å². The zero-order valence-corrected chi connectivity index (χ0v) is 31.1. The van der Waals surface area contributed by atoms with Gasteiger partial charge >= 0.3 is 0 Å². The van der Waals surface area contributed by atoms with Gasteiger partial charge in [0.1, 0.15) is 0 Å². The smallest absolute Gasteiger partial charge is 0.0732 e. The van der Waals surface area contributed by atoms with Crippen molar-refractivity contribution in [1.29, 1.82) is 0 Å². The first-order valence-electron chi connectivity index (χ1n) is 19.6. The Morgan fingerprint density at radius 2 is 1.20 bits per heavy atom. The number of nitrogens with zero attached hydrogens (tertiary/aromatic N) is 1. The zero-order chi connectivity index (χ0) is 36.9. The molecule has 0 amide bonds. The first-order chi connectivity index (χ1) is 27.2. The average molecular weight is 704 g/mol. The molecule has 0 radical (unpaired) electrons. The van der Waals surface area contributed by atoms with Crippen LogP contribution < -0.4 is 4.90 Å². The van der Waals surface area contributed by atoms with Gasteiger partial charge in [-0.2, -0.15) is 0 Å². The van der Waals surface area contributed by atoms with Crippen molar-refractivity contribution in [3.05, 3.63) is 209 Å². The molecule has 1 atom stereocenters. The summed E-state index contributed by atoms with van der Waals surface area (Å²) in [6, 6.07) is 58.2. The van der Waals surface area contributed by atoms with Crippen LogP contribution in [0.1, 0.15) is 60.4 Å². The van der Waals surface area contributed by atoms with E-state index in [-0.39, 0.29) is 0 Å². The maximum Gasteiger partial charge on any atom is 0.0732 e. The van der Waals surface area contributed by atoms with Gasteiger partial charge in [-0.15, -0.1) is 6.42 Å². The normalized spacial score (nSPS) is 16.9. The van der Waals surface area contributed by atoms with E-state index < -0.39 is 5.41 Å². The molecule has 3 aliphatic rings. The van der Waals surface area contributed by atoms with Crippen LogP contribution in [-0.4, -0.2) is 0 Å². The van der Waals surface area contributed by atoms with Crippen molar-refractivity contribution in [2.24, 2.45) is 0 Å². The lowest BCUT2D eigenvalue weighted by atomic mass is 9.69. The summed E-state index contributed by atoms with van der Waals surface area (Å²) in [6.07, 6.45) is 18.1. The topological polar surface area (TPSA) is 3.24 Å². The number of hydrogen-bond acceptors (Lipinski definition) is 1. The first kappa shape index (κ1) is 33.0.